The summed E-state index contributed by atoms with van der Waals surface area (Å²) in [4.78, 5) is 0. The molecule has 0 saturated heterocycles. The predicted octanol–water partition coefficient (Wildman–Crippen LogP) is 3.83. The normalized spacial score (nSPS) is 10.8. The second kappa shape index (κ2) is 7.75. The molecular formula is C18H23N. The maximum atomic E-state index is 5.90. The summed E-state index contributed by atoms with van der Waals surface area (Å²) in [5.74, 6) is 0.625. The third kappa shape index (κ3) is 4.88. The third-order valence-corrected chi connectivity index (χ3v) is 3.70. The van der Waals surface area contributed by atoms with Crippen LogP contribution in [0, 0.1) is 5.92 Å². The van der Waals surface area contributed by atoms with E-state index < -0.39 is 0 Å². The molecule has 0 radical (unpaired) electrons. The van der Waals surface area contributed by atoms with E-state index in [9.17, 15) is 0 Å². The fourth-order valence-electron chi connectivity index (χ4n) is 2.41. The van der Waals surface area contributed by atoms with Gasteiger partial charge in [0.2, 0.25) is 0 Å². The number of hydrogen-bond acceptors (Lipinski definition) is 1. The summed E-state index contributed by atoms with van der Waals surface area (Å²) in [6.45, 7) is 0.791. The first-order valence-corrected chi connectivity index (χ1v) is 7.16. The van der Waals surface area contributed by atoms with Crippen molar-refractivity contribution in [2.75, 3.05) is 6.54 Å². The fourth-order valence-corrected chi connectivity index (χ4v) is 2.41. The third-order valence-electron chi connectivity index (χ3n) is 3.70. The van der Waals surface area contributed by atoms with Gasteiger partial charge in [-0.15, -0.1) is 0 Å². The van der Waals surface area contributed by atoms with Gasteiger partial charge in [0.25, 0.3) is 0 Å². The van der Waals surface area contributed by atoms with E-state index in [-0.39, 0.29) is 0 Å². The van der Waals surface area contributed by atoms with Crippen molar-refractivity contribution in [3.8, 4) is 0 Å². The summed E-state index contributed by atoms with van der Waals surface area (Å²) in [5, 5.41) is 0. The van der Waals surface area contributed by atoms with Crippen molar-refractivity contribution >= 4 is 0 Å². The maximum Gasteiger partial charge on any atom is -0.00486 e. The zero-order valence-corrected chi connectivity index (χ0v) is 11.5. The zero-order valence-electron chi connectivity index (χ0n) is 11.5. The largest absolute Gasteiger partial charge is 0.330 e. The Morgan fingerprint density at radius 1 is 0.684 bits per heavy atom. The van der Waals surface area contributed by atoms with E-state index in [2.05, 4.69) is 60.7 Å². The molecule has 2 rings (SSSR count). The molecule has 0 heterocycles. The topological polar surface area (TPSA) is 26.0 Å². The van der Waals surface area contributed by atoms with Crippen LogP contribution in [0.3, 0.4) is 0 Å². The molecule has 0 aliphatic carbocycles. The van der Waals surface area contributed by atoms with Crippen molar-refractivity contribution in [3.63, 3.8) is 0 Å². The van der Waals surface area contributed by atoms with Crippen LogP contribution in [0.1, 0.15) is 24.0 Å². The minimum absolute atomic E-state index is 0.625. The lowest BCUT2D eigenvalue weighted by molar-refractivity contribution is 0.461. The van der Waals surface area contributed by atoms with E-state index in [1.165, 1.54) is 24.0 Å². The molecule has 0 atom stereocenters. The molecule has 0 saturated carbocycles. The van der Waals surface area contributed by atoms with Gasteiger partial charge in [-0.2, -0.15) is 0 Å². The molecule has 0 unspecified atom stereocenters. The van der Waals surface area contributed by atoms with Crippen molar-refractivity contribution < 1.29 is 0 Å². The van der Waals surface area contributed by atoms with E-state index in [4.69, 9.17) is 5.73 Å². The Labute approximate surface area is 116 Å². The highest BCUT2D eigenvalue weighted by molar-refractivity contribution is 5.15. The van der Waals surface area contributed by atoms with Gasteiger partial charge in [-0.3, -0.25) is 0 Å². The number of benzene rings is 2. The Balaban J connectivity index is 1.77. The molecule has 1 heteroatoms. The van der Waals surface area contributed by atoms with E-state index in [0.717, 1.165) is 19.4 Å². The maximum absolute atomic E-state index is 5.90. The molecule has 2 aromatic carbocycles. The lowest BCUT2D eigenvalue weighted by atomic mass is 9.93. The van der Waals surface area contributed by atoms with Crippen LogP contribution in [0.2, 0.25) is 0 Å². The Kier molecular flexibility index (Phi) is 5.64. The van der Waals surface area contributed by atoms with Crippen molar-refractivity contribution in [2.45, 2.75) is 25.7 Å². The van der Waals surface area contributed by atoms with E-state index >= 15 is 0 Å². The molecule has 0 aromatic heterocycles. The van der Waals surface area contributed by atoms with Gasteiger partial charge in [0.1, 0.15) is 0 Å². The molecule has 1 nitrogen and oxygen atoms in total. The quantitative estimate of drug-likeness (QED) is 0.797. The van der Waals surface area contributed by atoms with E-state index in [0.29, 0.717) is 5.92 Å². The number of aryl methyl sites for hydroxylation is 2. The van der Waals surface area contributed by atoms with Gasteiger partial charge < -0.3 is 5.73 Å². The van der Waals surface area contributed by atoms with Crippen LogP contribution in [0.25, 0.3) is 0 Å². The van der Waals surface area contributed by atoms with Crippen molar-refractivity contribution in [1.29, 1.82) is 0 Å². The standard InChI is InChI=1S/C18H23N/c19-15-18(13-11-16-7-3-1-4-8-16)14-12-17-9-5-2-6-10-17/h1-10,18H,11-15,19H2. The fraction of sp³-hybridized carbons (Fsp3) is 0.333. The van der Waals surface area contributed by atoms with Crippen LogP contribution in [-0.4, -0.2) is 6.54 Å². The smallest absolute Gasteiger partial charge is 0.00486 e. The van der Waals surface area contributed by atoms with Gasteiger partial charge in [0, 0.05) is 0 Å². The molecule has 100 valence electrons. The molecule has 0 fully saturated rings. The predicted molar refractivity (Wildman–Crippen MR) is 82.1 cm³/mol. The Bertz CT molecular complexity index is 406. The number of nitrogens with two attached hydrogens (primary N) is 1. The monoisotopic (exact) mass is 253 g/mol. The summed E-state index contributed by atoms with van der Waals surface area (Å²) in [7, 11) is 0. The molecule has 2 N–H and O–H groups in total. The first-order chi connectivity index (χ1) is 9.38. The van der Waals surface area contributed by atoms with Crippen LogP contribution in [-0.2, 0) is 12.8 Å². The first kappa shape index (κ1) is 13.8. The van der Waals surface area contributed by atoms with Crippen LogP contribution in [0.4, 0.5) is 0 Å². The van der Waals surface area contributed by atoms with Gasteiger partial charge in [0.15, 0.2) is 0 Å². The molecule has 0 aliphatic rings. The van der Waals surface area contributed by atoms with Crippen molar-refractivity contribution in [3.05, 3.63) is 71.8 Å². The minimum Gasteiger partial charge on any atom is -0.330 e. The molecule has 0 aliphatic heterocycles. The highest BCUT2D eigenvalue weighted by atomic mass is 14.5. The van der Waals surface area contributed by atoms with Gasteiger partial charge >= 0.3 is 0 Å². The highest BCUT2D eigenvalue weighted by Gasteiger charge is 2.07. The van der Waals surface area contributed by atoms with E-state index in [1.54, 1.807) is 0 Å². The highest BCUT2D eigenvalue weighted by Crippen LogP contribution is 2.15. The summed E-state index contributed by atoms with van der Waals surface area (Å²) < 4.78 is 0. The van der Waals surface area contributed by atoms with Crippen LogP contribution in [0.15, 0.2) is 60.7 Å². The van der Waals surface area contributed by atoms with Crippen LogP contribution in [0.5, 0.6) is 0 Å². The lowest BCUT2D eigenvalue weighted by Gasteiger charge is -2.14. The SMILES string of the molecule is NCC(CCc1ccccc1)CCc1ccccc1. The van der Waals surface area contributed by atoms with E-state index in [1.807, 2.05) is 0 Å². The summed E-state index contributed by atoms with van der Waals surface area (Å²) >= 11 is 0. The molecule has 19 heavy (non-hydrogen) atoms. The van der Waals surface area contributed by atoms with Crippen molar-refractivity contribution in [1.82, 2.24) is 0 Å². The van der Waals surface area contributed by atoms with Crippen molar-refractivity contribution in [2.24, 2.45) is 11.7 Å². The Morgan fingerprint density at radius 3 is 1.47 bits per heavy atom. The lowest BCUT2D eigenvalue weighted by Crippen LogP contribution is -2.16. The average Bonchev–Trinajstić information content (AvgIpc) is 2.49. The Hall–Kier alpha value is -1.60. The summed E-state index contributed by atoms with van der Waals surface area (Å²) in [5.41, 5.74) is 8.74. The zero-order chi connectivity index (χ0) is 13.3. The van der Waals surface area contributed by atoms with Gasteiger partial charge in [-0.1, -0.05) is 60.7 Å². The molecule has 2 aromatic rings. The van der Waals surface area contributed by atoms with Gasteiger partial charge in [-0.25, -0.2) is 0 Å². The first-order valence-electron chi connectivity index (χ1n) is 7.16. The second-order valence-electron chi connectivity index (χ2n) is 5.15. The molecule has 0 spiro atoms. The minimum atomic E-state index is 0.625. The molecule has 0 amide bonds. The molecular weight excluding hydrogens is 230 g/mol. The summed E-state index contributed by atoms with van der Waals surface area (Å²) in [6.07, 6.45) is 4.65. The summed E-state index contributed by atoms with van der Waals surface area (Å²) in [6, 6.07) is 21.4. The number of rotatable bonds is 7. The van der Waals surface area contributed by atoms with Crippen LogP contribution >= 0.6 is 0 Å². The Morgan fingerprint density at radius 2 is 1.11 bits per heavy atom. The second-order valence-corrected chi connectivity index (χ2v) is 5.15. The molecule has 0 bridgehead atoms. The number of hydrogen-bond donors (Lipinski definition) is 1. The van der Waals surface area contributed by atoms with Gasteiger partial charge in [-0.05, 0) is 49.3 Å². The average molecular weight is 253 g/mol. The van der Waals surface area contributed by atoms with Crippen LogP contribution < -0.4 is 5.73 Å². The van der Waals surface area contributed by atoms with Gasteiger partial charge in [0.05, 0.1) is 0 Å².